The van der Waals surface area contributed by atoms with Crippen LogP contribution in [-0.2, 0) is 0 Å². The zero-order valence-corrected chi connectivity index (χ0v) is 9.93. The van der Waals surface area contributed by atoms with Crippen molar-refractivity contribution in [1.29, 1.82) is 0 Å². The third-order valence-corrected chi connectivity index (χ3v) is 3.22. The molecule has 5 heteroatoms. The summed E-state index contributed by atoms with van der Waals surface area (Å²) in [7, 11) is 4.19. The van der Waals surface area contributed by atoms with Gasteiger partial charge in [0.05, 0.1) is 0 Å². The van der Waals surface area contributed by atoms with Gasteiger partial charge in [0.2, 0.25) is 0 Å². The Kier molecular flexibility index (Phi) is 3.24. The van der Waals surface area contributed by atoms with Crippen molar-refractivity contribution in [2.24, 2.45) is 0 Å². The second kappa shape index (κ2) is 4.65. The quantitative estimate of drug-likeness (QED) is 0.809. The van der Waals surface area contributed by atoms with Crippen LogP contribution in [0.25, 0.3) is 0 Å². The largest absolute Gasteiger partial charge is 0.381 e. The van der Waals surface area contributed by atoms with Crippen LogP contribution in [0.1, 0.15) is 12.8 Å². The van der Waals surface area contributed by atoms with Crippen LogP contribution in [0.5, 0.6) is 0 Å². The van der Waals surface area contributed by atoms with E-state index in [9.17, 15) is 0 Å². The first-order valence-electron chi connectivity index (χ1n) is 5.66. The molecule has 0 amide bonds. The second-order valence-electron chi connectivity index (χ2n) is 4.42. The summed E-state index contributed by atoms with van der Waals surface area (Å²) >= 11 is 0. The van der Waals surface area contributed by atoms with Crippen LogP contribution in [0.2, 0.25) is 0 Å². The van der Waals surface area contributed by atoms with Crippen LogP contribution in [0.15, 0.2) is 12.4 Å². The summed E-state index contributed by atoms with van der Waals surface area (Å²) < 4.78 is 0. The van der Waals surface area contributed by atoms with Crippen LogP contribution in [0.4, 0.5) is 11.6 Å². The SMILES string of the molecule is CN(CC1CCCN1C)c1nccnc1N. The van der Waals surface area contributed by atoms with E-state index in [1.807, 2.05) is 7.05 Å². The summed E-state index contributed by atoms with van der Waals surface area (Å²) in [5.74, 6) is 1.29. The number of hydrogen-bond donors (Lipinski definition) is 1. The van der Waals surface area contributed by atoms with Gasteiger partial charge in [-0.2, -0.15) is 0 Å². The summed E-state index contributed by atoms with van der Waals surface area (Å²) in [6.07, 6.45) is 5.83. The van der Waals surface area contributed by atoms with Gasteiger partial charge in [0.1, 0.15) is 0 Å². The maximum Gasteiger partial charge on any atom is 0.171 e. The fourth-order valence-corrected chi connectivity index (χ4v) is 2.25. The minimum Gasteiger partial charge on any atom is -0.381 e. The zero-order valence-electron chi connectivity index (χ0n) is 9.93. The van der Waals surface area contributed by atoms with Crippen molar-refractivity contribution >= 4 is 11.6 Å². The first-order chi connectivity index (χ1) is 7.68. The smallest absolute Gasteiger partial charge is 0.171 e. The molecule has 1 saturated heterocycles. The molecule has 2 heterocycles. The zero-order chi connectivity index (χ0) is 11.5. The normalized spacial score (nSPS) is 21.2. The lowest BCUT2D eigenvalue weighted by atomic mass is 10.2. The molecule has 1 aromatic heterocycles. The fourth-order valence-electron chi connectivity index (χ4n) is 2.25. The monoisotopic (exact) mass is 221 g/mol. The van der Waals surface area contributed by atoms with Gasteiger partial charge in [-0.25, -0.2) is 9.97 Å². The molecule has 5 nitrogen and oxygen atoms in total. The summed E-state index contributed by atoms with van der Waals surface area (Å²) in [5.41, 5.74) is 5.80. The van der Waals surface area contributed by atoms with E-state index >= 15 is 0 Å². The van der Waals surface area contributed by atoms with Crippen molar-refractivity contribution < 1.29 is 0 Å². The minimum atomic E-state index is 0.505. The van der Waals surface area contributed by atoms with Gasteiger partial charge in [0.15, 0.2) is 11.6 Å². The number of likely N-dealkylation sites (N-methyl/N-ethyl adjacent to an activating group) is 2. The molecule has 0 aromatic carbocycles. The van der Waals surface area contributed by atoms with E-state index in [-0.39, 0.29) is 0 Å². The predicted molar refractivity (Wildman–Crippen MR) is 65.4 cm³/mol. The van der Waals surface area contributed by atoms with E-state index in [1.165, 1.54) is 19.4 Å². The number of hydrogen-bond acceptors (Lipinski definition) is 5. The maximum atomic E-state index is 5.80. The van der Waals surface area contributed by atoms with Gasteiger partial charge < -0.3 is 15.5 Å². The third kappa shape index (κ3) is 2.24. The Balaban J connectivity index is 2.03. The molecular formula is C11H19N5. The highest BCUT2D eigenvalue weighted by Crippen LogP contribution is 2.20. The average Bonchev–Trinajstić information content (AvgIpc) is 2.65. The lowest BCUT2D eigenvalue weighted by Crippen LogP contribution is -2.37. The highest BCUT2D eigenvalue weighted by atomic mass is 15.2. The third-order valence-electron chi connectivity index (χ3n) is 3.22. The van der Waals surface area contributed by atoms with Gasteiger partial charge in [-0.15, -0.1) is 0 Å². The Morgan fingerprint density at radius 2 is 2.25 bits per heavy atom. The molecule has 16 heavy (non-hydrogen) atoms. The van der Waals surface area contributed by atoms with Gasteiger partial charge in [-0.3, -0.25) is 0 Å². The molecule has 88 valence electrons. The molecule has 0 bridgehead atoms. The molecule has 0 spiro atoms. The lowest BCUT2D eigenvalue weighted by molar-refractivity contribution is 0.314. The molecule has 1 fully saturated rings. The minimum absolute atomic E-state index is 0.505. The number of nitrogens with zero attached hydrogens (tertiary/aromatic N) is 4. The molecule has 0 saturated carbocycles. The number of nitrogen functional groups attached to an aromatic ring is 1. The predicted octanol–water partition coefficient (Wildman–Crippen LogP) is 0.589. The van der Waals surface area contributed by atoms with E-state index in [0.29, 0.717) is 11.9 Å². The van der Waals surface area contributed by atoms with Gasteiger partial charge in [-0.1, -0.05) is 0 Å². The molecule has 1 aliphatic rings. The molecule has 0 radical (unpaired) electrons. The number of nitrogens with two attached hydrogens (primary N) is 1. The van der Waals surface area contributed by atoms with Crippen molar-refractivity contribution in [3.8, 4) is 0 Å². The number of likely N-dealkylation sites (tertiary alicyclic amines) is 1. The van der Waals surface area contributed by atoms with Gasteiger partial charge in [0.25, 0.3) is 0 Å². The summed E-state index contributed by atoms with van der Waals surface area (Å²) in [5, 5.41) is 0. The Bertz CT molecular complexity index is 354. The Labute approximate surface area is 96.3 Å². The van der Waals surface area contributed by atoms with Crippen LogP contribution in [0, 0.1) is 0 Å². The van der Waals surface area contributed by atoms with E-state index in [1.54, 1.807) is 12.4 Å². The van der Waals surface area contributed by atoms with E-state index in [0.717, 1.165) is 12.4 Å². The summed E-state index contributed by atoms with van der Waals surface area (Å²) in [4.78, 5) is 12.8. The summed E-state index contributed by atoms with van der Waals surface area (Å²) in [6, 6.07) is 0.603. The van der Waals surface area contributed by atoms with Crippen molar-refractivity contribution in [3.63, 3.8) is 0 Å². The number of anilines is 2. The maximum absolute atomic E-state index is 5.80. The number of rotatable bonds is 3. The Hall–Kier alpha value is -1.36. The van der Waals surface area contributed by atoms with Gasteiger partial charge in [-0.05, 0) is 26.4 Å². The number of aromatic nitrogens is 2. The molecule has 1 aliphatic heterocycles. The Morgan fingerprint density at radius 1 is 1.50 bits per heavy atom. The van der Waals surface area contributed by atoms with Crippen molar-refractivity contribution in [2.45, 2.75) is 18.9 Å². The molecule has 1 aromatic rings. The van der Waals surface area contributed by atoms with Crippen LogP contribution in [-0.4, -0.2) is 48.1 Å². The van der Waals surface area contributed by atoms with Crippen molar-refractivity contribution in [2.75, 3.05) is 37.8 Å². The highest BCUT2D eigenvalue weighted by Gasteiger charge is 2.23. The first-order valence-corrected chi connectivity index (χ1v) is 5.66. The molecule has 0 aliphatic carbocycles. The molecule has 2 N–H and O–H groups in total. The average molecular weight is 221 g/mol. The van der Waals surface area contributed by atoms with E-state index in [4.69, 9.17) is 5.73 Å². The topological polar surface area (TPSA) is 58.3 Å². The van der Waals surface area contributed by atoms with E-state index < -0.39 is 0 Å². The summed E-state index contributed by atoms with van der Waals surface area (Å²) in [6.45, 7) is 2.15. The molecule has 1 atom stereocenters. The second-order valence-corrected chi connectivity index (χ2v) is 4.42. The molecular weight excluding hydrogens is 202 g/mol. The van der Waals surface area contributed by atoms with Gasteiger partial charge >= 0.3 is 0 Å². The van der Waals surface area contributed by atoms with Crippen molar-refractivity contribution in [3.05, 3.63) is 12.4 Å². The van der Waals surface area contributed by atoms with Crippen LogP contribution >= 0.6 is 0 Å². The van der Waals surface area contributed by atoms with Crippen LogP contribution in [0.3, 0.4) is 0 Å². The highest BCUT2D eigenvalue weighted by molar-refractivity contribution is 5.56. The molecule has 2 rings (SSSR count). The van der Waals surface area contributed by atoms with Crippen LogP contribution < -0.4 is 10.6 Å². The standard InChI is InChI=1S/C11H19N5/c1-15-7-3-4-9(15)8-16(2)11-10(12)13-5-6-14-11/h5-6,9H,3-4,7-8H2,1-2H3,(H2,12,13). The Morgan fingerprint density at radius 3 is 2.88 bits per heavy atom. The van der Waals surface area contributed by atoms with E-state index in [2.05, 4.69) is 26.8 Å². The molecule has 1 unspecified atom stereocenters. The van der Waals surface area contributed by atoms with Crippen molar-refractivity contribution in [1.82, 2.24) is 14.9 Å². The van der Waals surface area contributed by atoms with Gasteiger partial charge in [0, 0.05) is 32.0 Å². The fraction of sp³-hybridized carbons (Fsp3) is 0.636. The lowest BCUT2D eigenvalue weighted by Gasteiger charge is -2.26. The first kappa shape index (κ1) is 11.1.